The summed E-state index contributed by atoms with van der Waals surface area (Å²) in [6, 6.07) is 11.6. The van der Waals surface area contributed by atoms with Crippen LogP contribution in [-0.2, 0) is 0 Å². The first-order valence-corrected chi connectivity index (χ1v) is 11.2. The van der Waals surface area contributed by atoms with Crippen LogP contribution in [0.4, 0.5) is 0 Å². The quantitative estimate of drug-likeness (QED) is 0.469. The van der Waals surface area contributed by atoms with Gasteiger partial charge in [0, 0.05) is 28.0 Å². The molecular formula is C23H20BrN5O2. The molecule has 0 atom stereocenters. The van der Waals surface area contributed by atoms with Crippen LogP contribution in [0.2, 0.25) is 0 Å². The van der Waals surface area contributed by atoms with E-state index >= 15 is 0 Å². The van der Waals surface area contributed by atoms with Crippen molar-refractivity contribution in [3.8, 4) is 0 Å². The predicted molar refractivity (Wildman–Crippen MR) is 120 cm³/mol. The van der Waals surface area contributed by atoms with Crippen molar-refractivity contribution >= 4 is 38.3 Å². The number of hydrogen-bond acceptors (Lipinski definition) is 4. The van der Waals surface area contributed by atoms with Crippen LogP contribution in [0.15, 0.2) is 58.1 Å². The van der Waals surface area contributed by atoms with E-state index in [2.05, 4.69) is 36.4 Å². The highest BCUT2D eigenvalue weighted by Gasteiger charge is 2.54. The summed E-state index contributed by atoms with van der Waals surface area (Å²) in [5, 5.41) is 11.8. The van der Waals surface area contributed by atoms with Crippen molar-refractivity contribution in [1.29, 1.82) is 0 Å². The maximum absolute atomic E-state index is 12.8. The Hall–Kier alpha value is -3.00. The molecule has 2 saturated carbocycles. The lowest BCUT2D eigenvalue weighted by atomic mass is 9.49. The summed E-state index contributed by atoms with van der Waals surface area (Å²) in [6.07, 6.45) is 7.54. The number of benzene rings is 1. The van der Waals surface area contributed by atoms with Crippen LogP contribution in [0.1, 0.15) is 47.8 Å². The van der Waals surface area contributed by atoms with Gasteiger partial charge in [0.1, 0.15) is 11.3 Å². The topological polar surface area (TPSA) is 92.1 Å². The minimum atomic E-state index is -0.139. The minimum Gasteiger partial charge on any atom is -0.348 e. The average molecular weight is 478 g/mol. The second kappa shape index (κ2) is 6.75. The summed E-state index contributed by atoms with van der Waals surface area (Å²) in [6.45, 7) is 0. The van der Waals surface area contributed by atoms with Gasteiger partial charge in [-0.3, -0.25) is 14.0 Å². The first kappa shape index (κ1) is 18.7. The lowest BCUT2D eigenvalue weighted by Crippen LogP contribution is -2.55. The van der Waals surface area contributed by atoms with Gasteiger partial charge in [0.05, 0.1) is 17.3 Å². The van der Waals surface area contributed by atoms with Crippen LogP contribution in [-0.4, -0.2) is 31.5 Å². The summed E-state index contributed by atoms with van der Waals surface area (Å²) in [5.41, 5.74) is 2.43. The number of carbonyl (C=O) groups is 1. The molecule has 2 N–H and O–H groups in total. The van der Waals surface area contributed by atoms with Crippen molar-refractivity contribution < 1.29 is 4.79 Å². The van der Waals surface area contributed by atoms with Crippen molar-refractivity contribution in [1.82, 2.24) is 24.9 Å². The molecule has 0 aliphatic heterocycles. The molecule has 3 heterocycles. The fraction of sp³-hybridized carbons (Fsp3) is 0.304. The van der Waals surface area contributed by atoms with Gasteiger partial charge in [-0.1, -0.05) is 34.1 Å². The Morgan fingerprint density at radius 1 is 1.16 bits per heavy atom. The van der Waals surface area contributed by atoms with E-state index in [9.17, 15) is 9.59 Å². The molecule has 6 rings (SSSR count). The standard InChI is InChI=1S/C23H20BrN5O2/c24-14-5-6-29-18(12-25-19(29)7-14)22(31)26-15-10-23(11-15)8-13(9-23)20-16-3-1-2-4-17(16)21(30)28-27-20/h1-7,12-13,15H,8-11H2,(H,26,31)(H,28,30)/t13-,15-,23?. The first-order valence-electron chi connectivity index (χ1n) is 10.4. The third kappa shape index (κ3) is 3.00. The maximum atomic E-state index is 12.8. The number of rotatable bonds is 3. The summed E-state index contributed by atoms with van der Waals surface area (Å²) in [4.78, 5) is 29.1. The summed E-state index contributed by atoms with van der Waals surface area (Å²) >= 11 is 3.43. The Morgan fingerprint density at radius 2 is 1.94 bits per heavy atom. The van der Waals surface area contributed by atoms with Gasteiger partial charge in [0.15, 0.2) is 0 Å². The Balaban J connectivity index is 1.12. The summed E-state index contributed by atoms with van der Waals surface area (Å²) in [7, 11) is 0. The zero-order valence-electron chi connectivity index (χ0n) is 16.6. The molecule has 1 amide bonds. The minimum absolute atomic E-state index is 0.0844. The van der Waals surface area contributed by atoms with E-state index in [1.165, 1.54) is 0 Å². The van der Waals surface area contributed by atoms with E-state index in [4.69, 9.17) is 0 Å². The fourth-order valence-corrected chi connectivity index (χ4v) is 5.75. The third-order valence-corrected chi connectivity index (χ3v) is 7.37. The van der Waals surface area contributed by atoms with Crippen LogP contribution in [0, 0.1) is 5.41 Å². The molecule has 2 fully saturated rings. The molecule has 2 aliphatic carbocycles. The lowest BCUT2D eigenvalue weighted by molar-refractivity contribution is -0.0197. The molecule has 2 aliphatic rings. The summed E-state index contributed by atoms with van der Waals surface area (Å²) < 4.78 is 2.74. The highest BCUT2D eigenvalue weighted by Crippen LogP contribution is 2.62. The predicted octanol–water partition coefficient (Wildman–Crippen LogP) is 3.79. The Bertz CT molecular complexity index is 1390. The van der Waals surface area contributed by atoms with E-state index in [0.717, 1.165) is 46.9 Å². The first-order chi connectivity index (χ1) is 15.0. The highest BCUT2D eigenvalue weighted by atomic mass is 79.9. The molecule has 31 heavy (non-hydrogen) atoms. The fourth-order valence-electron chi connectivity index (χ4n) is 5.43. The van der Waals surface area contributed by atoms with Gasteiger partial charge in [-0.15, -0.1) is 0 Å². The zero-order valence-corrected chi connectivity index (χ0v) is 18.2. The van der Waals surface area contributed by atoms with Crippen molar-refractivity contribution in [2.24, 2.45) is 5.41 Å². The van der Waals surface area contributed by atoms with Crippen LogP contribution >= 0.6 is 15.9 Å². The van der Waals surface area contributed by atoms with Crippen LogP contribution in [0.25, 0.3) is 16.4 Å². The molecule has 7 nitrogen and oxygen atoms in total. The second-order valence-electron chi connectivity index (χ2n) is 8.88. The summed E-state index contributed by atoms with van der Waals surface area (Å²) in [5.74, 6) is 0.273. The molecule has 0 unspecified atom stereocenters. The third-order valence-electron chi connectivity index (χ3n) is 6.87. The Labute approximate surface area is 186 Å². The Kier molecular flexibility index (Phi) is 4.08. The SMILES string of the molecule is O=C(N[C@H]1CC2(C1)C[C@H](c1n[nH]c(=O)c3ccccc31)C2)c1cnc2cc(Br)ccn12. The van der Waals surface area contributed by atoms with Gasteiger partial charge in [-0.05, 0) is 49.3 Å². The molecule has 8 heteroatoms. The molecular weight excluding hydrogens is 458 g/mol. The van der Waals surface area contributed by atoms with Crippen molar-refractivity contribution in [3.05, 3.63) is 75.0 Å². The van der Waals surface area contributed by atoms with Gasteiger partial charge >= 0.3 is 0 Å². The number of amides is 1. The Morgan fingerprint density at radius 3 is 2.74 bits per heavy atom. The number of pyridine rings is 1. The van der Waals surface area contributed by atoms with Gasteiger partial charge in [-0.25, -0.2) is 10.1 Å². The van der Waals surface area contributed by atoms with Gasteiger partial charge in [0.25, 0.3) is 11.5 Å². The number of imidazole rings is 1. The molecule has 1 aromatic carbocycles. The van der Waals surface area contributed by atoms with Gasteiger partial charge < -0.3 is 5.32 Å². The van der Waals surface area contributed by atoms with Crippen LogP contribution < -0.4 is 10.9 Å². The van der Waals surface area contributed by atoms with E-state index in [1.807, 2.05) is 42.6 Å². The van der Waals surface area contributed by atoms with Crippen molar-refractivity contribution in [2.45, 2.75) is 37.6 Å². The number of aromatic amines is 1. The van der Waals surface area contributed by atoms with Gasteiger partial charge in [-0.2, -0.15) is 5.10 Å². The maximum Gasteiger partial charge on any atom is 0.272 e. The number of H-pyrrole nitrogens is 1. The van der Waals surface area contributed by atoms with Crippen molar-refractivity contribution in [3.63, 3.8) is 0 Å². The molecule has 156 valence electrons. The van der Waals surface area contributed by atoms with Crippen LogP contribution in [0.3, 0.4) is 0 Å². The monoisotopic (exact) mass is 477 g/mol. The molecule has 0 bridgehead atoms. The number of aromatic nitrogens is 4. The number of nitrogens with one attached hydrogen (secondary N) is 2. The van der Waals surface area contributed by atoms with Gasteiger partial charge in [0.2, 0.25) is 0 Å². The normalized spacial score (nSPS) is 24.8. The smallest absolute Gasteiger partial charge is 0.272 e. The van der Waals surface area contributed by atoms with Crippen molar-refractivity contribution in [2.75, 3.05) is 0 Å². The molecule has 0 radical (unpaired) electrons. The number of carbonyl (C=O) groups excluding carboxylic acids is 1. The highest BCUT2D eigenvalue weighted by molar-refractivity contribution is 9.10. The second-order valence-corrected chi connectivity index (χ2v) is 9.80. The van der Waals surface area contributed by atoms with E-state index in [-0.39, 0.29) is 22.9 Å². The molecule has 3 aromatic heterocycles. The van der Waals surface area contributed by atoms with E-state index in [1.54, 1.807) is 10.6 Å². The number of nitrogens with zero attached hydrogens (tertiary/aromatic N) is 3. The average Bonchev–Trinajstić information content (AvgIpc) is 3.13. The zero-order chi connectivity index (χ0) is 21.2. The van der Waals surface area contributed by atoms with Crippen LogP contribution in [0.5, 0.6) is 0 Å². The lowest BCUT2D eigenvalue weighted by Gasteiger charge is -2.57. The van der Waals surface area contributed by atoms with E-state index < -0.39 is 0 Å². The number of fused-ring (bicyclic) bond motifs is 2. The number of hydrogen-bond donors (Lipinski definition) is 2. The largest absolute Gasteiger partial charge is 0.348 e. The number of halogens is 1. The molecule has 0 saturated heterocycles. The molecule has 4 aromatic rings. The van der Waals surface area contributed by atoms with E-state index in [0.29, 0.717) is 17.0 Å². The molecule has 1 spiro atoms.